The van der Waals surface area contributed by atoms with E-state index in [1.54, 1.807) is 0 Å². The minimum Gasteiger partial charge on any atom is -0.686 e. The number of hydrogen-bond donors (Lipinski definition) is 0. The molecule has 0 radical (unpaired) electrons. The van der Waals surface area contributed by atoms with Crippen LogP contribution in [0.2, 0.25) is 0 Å². The van der Waals surface area contributed by atoms with E-state index in [1.165, 1.54) is 50.1 Å². The van der Waals surface area contributed by atoms with E-state index in [4.69, 9.17) is 15.0 Å². The summed E-state index contributed by atoms with van der Waals surface area (Å²) in [4.78, 5) is 7.67. The van der Waals surface area contributed by atoms with Crippen molar-refractivity contribution in [3.05, 3.63) is 149 Å². The summed E-state index contributed by atoms with van der Waals surface area (Å²) < 4.78 is 7.36. The van der Waals surface area contributed by atoms with Crippen molar-refractivity contribution in [1.29, 1.82) is 0 Å². The van der Waals surface area contributed by atoms with E-state index in [1.807, 2.05) is 13.8 Å². The molecule has 0 aliphatic carbocycles. The maximum Gasteiger partial charge on any atom is 1.00 e. The van der Waals surface area contributed by atoms with Gasteiger partial charge in [-0.25, -0.2) is 0 Å². The summed E-state index contributed by atoms with van der Waals surface area (Å²) in [6.07, 6.45) is 4.27. The maximum atomic E-state index is 5.11. The maximum absolute atomic E-state index is 5.11. The molecule has 256 valence electrons. The summed E-state index contributed by atoms with van der Waals surface area (Å²) in [5, 5.41) is 6.32. The molecule has 0 spiro atoms. The number of para-hydroxylation sites is 2. The van der Waals surface area contributed by atoms with Gasteiger partial charge in [0.1, 0.15) is 0 Å². The summed E-state index contributed by atoms with van der Waals surface area (Å²) in [7, 11) is 0. The van der Waals surface area contributed by atoms with Gasteiger partial charge in [-0.15, -0.1) is 5.54 Å². The number of fused-ring (bicyclic) bond motifs is 2. The number of nitrogens with zero attached hydrogens (tertiary/aromatic N) is 4. The van der Waals surface area contributed by atoms with Crippen molar-refractivity contribution in [3.63, 3.8) is 0 Å². The Morgan fingerprint density at radius 2 is 1.28 bits per heavy atom. The first-order valence-electron chi connectivity index (χ1n) is 17.6. The van der Waals surface area contributed by atoms with Crippen LogP contribution in [0.4, 0.5) is 5.69 Å². The third kappa shape index (κ3) is 9.61. The third-order valence-electron chi connectivity index (χ3n) is 8.40. The summed E-state index contributed by atoms with van der Waals surface area (Å²) in [5.74, 6) is 0. The van der Waals surface area contributed by atoms with E-state index in [0.717, 1.165) is 26.3 Å². The van der Waals surface area contributed by atoms with Gasteiger partial charge in [0.2, 0.25) is 0 Å². The molecule has 0 N–H and O–H groups in total. The molecule has 50 heavy (non-hydrogen) atoms. The minimum absolute atomic E-state index is 0. The average molecular weight is 661 g/mol. The standard InChI is InChI=1S/C40H43N4.C4H10O.Li/c1-39(2,3)41-25-33-31-21-13-15-23-35(31)43(27-29-17-9-7-10-18-29)37(33)38-34(26-42-40(4,5)6)32-22-14-16-24-36(32)44(38)28-30-19-11-8-12-20-30;1-3-5-4-2;/h7-26,37H,27-28H2,1-6H3;3-4H2,1-2H3;/q-1;;+1/b33-25-,42-26?;;/t37-;;/m0../s1. The number of rotatable bonds is 9. The zero-order valence-corrected chi connectivity index (χ0v) is 31.6. The number of hydrogen-bond acceptors (Lipinski definition) is 3. The fourth-order valence-electron chi connectivity index (χ4n) is 6.26. The van der Waals surface area contributed by atoms with Crippen LogP contribution in [0.15, 0.2) is 120 Å². The molecule has 0 saturated heterocycles. The summed E-state index contributed by atoms with van der Waals surface area (Å²) >= 11 is 0. The second kappa shape index (κ2) is 17.3. The zero-order chi connectivity index (χ0) is 35.0. The van der Waals surface area contributed by atoms with Gasteiger partial charge in [0.05, 0.1) is 17.3 Å². The molecule has 1 aliphatic heterocycles. The molecule has 0 amide bonds. The predicted octanol–water partition coefficient (Wildman–Crippen LogP) is 8.23. The Labute approximate surface area is 312 Å². The molecule has 5 nitrogen and oxygen atoms in total. The minimum atomic E-state index is -0.206. The molecule has 2 heterocycles. The smallest absolute Gasteiger partial charge is 0.686 e. The first-order chi connectivity index (χ1) is 23.5. The molecule has 0 unspecified atom stereocenters. The fourth-order valence-corrected chi connectivity index (χ4v) is 6.26. The third-order valence-corrected chi connectivity index (χ3v) is 8.40. The Bertz CT molecular complexity index is 1860. The fraction of sp³-hybridized carbons (Fsp3) is 0.341. The number of anilines is 1. The van der Waals surface area contributed by atoms with Gasteiger partial charge < -0.3 is 19.5 Å². The molecular weight excluding hydrogens is 607 g/mol. The summed E-state index contributed by atoms with van der Waals surface area (Å²) in [6, 6.07) is 39.1. The molecule has 1 atom stereocenters. The van der Waals surface area contributed by atoms with Gasteiger partial charge in [0, 0.05) is 60.2 Å². The molecule has 0 saturated carbocycles. The van der Waals surface area contributed by atoms with Gasteiger partial charge in [0.25, 0.3) is 0 Å². The van der Waals surface area contributed by atoms with Crippen LogP contribution < -0.4 is 23.8 Å². The second-order valence-electron chi connectivity index (χ2n) is 14.5. The van der Waals surface area contributed by atoms with Crippen LogP contribution in [0.3, 0.4) is 0 Å². The molecule has 0 fully saturated rings. The molecule has 1 aromatic heterocycles. The first kappa shape index (κ1) is 38.8. The Morgan fingerprint density at radius 3 is 1.86 bits per heavy atom. The first-order valence-corrected chi connectivity index (χ1v) is 17.6. The zero-order valence-electron chi connectivity index (χ0n) is 31.6. The Balaban J connectivity index is 0.000000875. The average Bonchev–Trinajstić information content (AvgIpc) is 3.55. The van der Waals surface area contributed by atoms with Crippen molar-refractivity contribution in [3.8, 4) is 0 Å². The van der Waals surface area contributed by atoms with Crippen LogP contribution in [-0.2, 0) is 17.8 Å². The van der Waals surface area contributed by atoms with E-state index in [-0.39, 0.29) is 36.0 Å². The summed E-state index contributed by atoms with van der Waals surface area (Å²) in [5.41, 5.74) is 9.44. The van der Waals surface area contributed by atoms with E-state index in [2.05, 4.69) is 173 Å². The van der Waals surface area contributed by atoms with E-state index < -0.39 is 0 Å². The number of ether oxygens (including phenoxy) is 1. The summed E-state index contributed by atoms with van der Waals surface area (Å²) in [6.45, 7) is 20.2. The van der Waals surface area contributed by atoms with Crippen molar-refractivity contribution < 1.29 is 23.6 Å². The second-order valence-corrected chi connectivity index (χ2v) is 14.5. The molecule has 1 aliphatic rings. The topological polar surface area (TPSA) is 43.9 Å². The van der Waals surface area contributed by atoms with Crippen LogP contribution in [0.1, 0.15) is 89.4 Å². The van der Waals surface area contributed by atoms with Gasteiger partial charge in [-0.2, -0.15) is 6.20 Å². The predicted molar refractivity (Wildman–Crippen MR) is 210 cm³/mol. The number of aromatic nitrogens is 1. The van der Waals surface area contributed by atoms with Crippen molar-refractivity contribution in [1.82, 2.24) is 4.57 Å². The molecule has 0 bridgehead atoms. The molecule has 5 aromatic rings. The quantitative estimate of drug-likeness (QED) is 0.118. The molecule has 4 aromatic carbocycles. The van der Waals surface area contributed by atoms with Crippen LogP contribution in [0, 0.1) is 0 Å². The normalized spacial score (nSPS) is 15.2. The number of aliphatic imine (C=N–C) groups is 1. The van der Waals surface area contributed by atoms with Gasteiger partial charge in [0.15, 0.2) is 0 Å². The van der Waals surface area contributed by atoms with E-state index in [9.17, 15) is 0 Å². The Morgan fingerprint density at radius 1 is 0.720 bits per heavy atom. The van der Waals surface area contributed by atoms with Gasteiger partial charge >= 0.3 is 18.9 Å². The van der Waals surface area contributed by atoms with Crippen LogP contribution in [0.25, 0.3) is 21.8 Å². The van der Waals surface area contributed by atoms with Crippen LogP contribution in [0.5, 0.6) is 0 Å². The molecule has 6 rings (SSSR count). The van der Waals surface area contributed by atoms with Crippen molar-refractivity contribution >= 4 is 28.4 Å². The van der Waals surface area contributed by atoms with Crippen molar-refractivity contribution in [2.45, 2.75) is 85.6 Å². The SMILES string of the molecule is CC(C)(C)N=Cc1c([C@@H]2/C(=C\[N-]C(C)(C)C)c3ccccc3N2Cc2ccccc2)n(Cc2ccccc2)c2ccccc12.CCOCC.[Li+]. The van der Waals surface area contributed by atoms with E-state index >= 15 is 0 Å². The monoisotopic (exact) mass is 660 g/mol. The van der Waals surface area contributed by atoms with Crippen LogP contribution in [-0.4, -0.2) is 35.1 Å². The van der Waals surface area contributed by atoms with Gasteiger partial charge in [-0.3, -0.25) is 4.99 Å². The van der Waals surface area contributed by atoms with E-state index in [0.29, 0.717) is 0 Å². The largest absolute Gasteiger partial charge is 1.00 e. The Kier molecular flexibility index (Phi) is 13.4. The Hall–Kier alpha value is -4.01. The van der Waals surface area contributed by atoms with Gasteiger partial charge in [-0.1, -0.05) is 118 Å². The molecule has 6 heteroatoms. The molecular formula is C44H53LiN4O. The number of benzene rings is 4. The van der Waals surface area contributed by atoms with Gasteiger partial charge in [-0.05, 0) is 63.5 Å². The van der Waals surface area contributed by atoms with Crippen molar-refractivity contribution in [2.75, 3.05) is 18.1 Å². The van der Waals surface area contributed by atoms with Crippen LogP contribution >= 0.6 is 0 Å². The van der Waals surface area contributed by atoms with Crippen molar-refractivity contribution in [2.24, 2.45) is 4.99 Å².